The fraction of sp³-hybridized carbons (Fsp3) is 0.370. The number of rotatable bonds is 5. The van der Waals surface area contributed by atoms with E-state index in [9.17, 15) is 21.6 Å². The van der Waals surface area contributed by atoms with E-state index in [-0.39, 0.29) is 21.1 Å². The van der Waals surface area contributed by atoms with Gasteiger partial charge in [-0.05, 0) is 55.2 Å². The van der Waals surface area contributed by atoms with Gasteiger partial charge in [0.05, 0.1) is 10.7 Å². The molecule has 2 heterocycles. The summed E-state index contributed by atoms with van der Waals surface area (Å²) in [4.78, 5) is 14.0. The highest BCUT2D eigenvalue weighted by molar-refractivity contribution is 7.92. The van der Waals surface area contributed by atoms with Crippen LogP contribution in [-0.2, 0) is 24.8 Å². The Hall–Kier alpha value is -2.44. The van der Waals surface area contributed by atoms with Crippen molar-refractivity contribution < 1.29 is 21.6 Å². The molecule has 0 radical (unpaired) electrons. The van der Waals surface area contributed by atoms with Crippen molar-refractivity contribution in [3.05, 3.63) is 59.6 Å². The van der Waals surface area contributed by atoms with Crippen molar-refractivity contribution in [2.75, 3.05) is 18.5 Å². The van der Waals surface area contributed by atoms with Crippen LogP contribution in [0, 0.1) is 5.92 Å². The van der Waals surface area contributed by atoms with Crippen molar-refractivity contribution in [3.63, 3.8) is 0 Å². The molecule has 8 nitrogen and oxygen atoms in total. The second-order valence-electron chi connectivity index (χ2n) is 10.0. The molecule has 2 aromatic carbocycles. The number of anilines is 2. The van der Waals surface area contributed by atoms with E-state index in [0.29, 0.717) is 27.7 Å². The second kappa shape index (κ2) is 10.9. The molecular formula is C27H30ClN3O5S3. The van der Waals surface area contributed by atoms with Gasteiger partial charge in [0.25, 0.3) is 10.0 Å². The number of carbonyl (C=O) groups is 1. The number of benzene rings is 2. The molecule has 1 aliphatic carbocycles. The molecular weight excluding hydrogens is 578 g/mol. The van der Waals surface area contributed by atoms with Crippen LogP contribution in [0.4, 0.5) is 11.4 Å². The van der Waals surface area contributed by atoms with Crippen molar-refractivity contribution in [3.8, 4) is 10.4 Å². The van der Waals surface area contributed by atoms with E-state index in [0.717, 1.165) is 49.6 Å². The van der Waals surface area contributed by atoms with Gasteiger partial charge in [-0.25, -0.2) is 21.6 Å². The van der Waals surface area contributed by atoms with Gasteiger partial charge >= 0.3 is 0 Å². The van der Waals surface area contributed by atoms with Crippen LogP contribution in [0.3, 0.4) is 0 Å². The van der Waals surface area contributed by atoms with Crippen molar-refractivity contribution in [2.24, 2.45) is 5.92 Å². The van der Waals surface area contributed by atoms with Gasteiger partial charge in [-0.2, -0.15) is 4.31 Å². The predicted molar refractivity (Wildman–Crippen MR) is 155 cm³/mol. The Bertz CT molecular complexity index is 1600. The highest BCUT2D eigenvalue weighted by Crippen LogP contribution is 2.45. The molecule has 1 aliphatic heterocycles. The monoisotopic (exact) mass is 607 g/mol. The van der Waals surface area contributed by atoms with E-state index in [1.165, 1.54) is 16.8 Å². The highest BCUT2D eigenvalue weighted by Gasteiger charge is 2.41. The number of para-hydroxylation sites is 1. The van der Waals surface area contributed by atoms with E-state index >= 15 is 0 Å². The Morgan fingerprint density at radius 3 is 2.41 bits per heavy atom. The van der Waals surface area contributed by atoms with Gasteiger partial charge in [-0.1, -0.05) is 49.1 Å². The van der Waals surface area contributed by atoms with Gasteiger partial charge in [-0.15, -0.1) is 11.3 Å². The van der Waals surface area contributed by atoms with Gasteiger partial charge in [0.15, 0.2) is 0 Å². The average Bonchev–Trinajstić information content (AvgIpc) is 3.38. The summed E-state index contributed by atoms with van der Waals surface area (Å²) in [5.74, 6) is -0.455. The number of carbonyl (C=O) groups excluding carboxylic acids is 1. The zero-order valence-electron chi connectivity index (χ0n) is 21.6. The molecule has 1 N–H and O–H groups in total. The molecule has 2 aliphatic rings. The number of nitrogens with zero attached hydrogens (tertiary/aromatic N) is 2. The van der Waals surface area contributed by atoms with Crippen LogP contribution in [0.1, 0.15) is 39.0 Å². The summed E-state index contributed by atoms with van der Waals surface area (Å²) in [7, 11) is -6.30. The normalized spacial score (nSPS) is 20.3. The summed E-state index contributed by atoms with van der Waals surface area (Å²) < 4.78 is 56.7. The quantitative estimate of drug-likeness (QED) is 0.404. The molecule has 1 fully saturated rings. The maximum atomic E-state index is 14.2. The summed E-state index contributed by atoms with van der Waals surface area (Å²) in [6, 6.07) is 15.6. The maximum Gasteiger partial charge on any atom is 0.273 e. The minimum atomic E-state index is -4.04. The van der Waals surface area contributed by atoms with Crippen LogP contribution in [0.25, 0.3) is 10.4 Å². The smallest absolute Gasteiger partial charge is 0.273 e. The van der Waals surface area contributed by atoms with Gasteiger partial charge in [-0.3, -0.25) is 4.79 Å². The molecule has 208 valence electrons. The summed E-state index contributed by atoms with van der Waals surface area (Å²) in [5.41, 5.74) is 1.77. The molecule has 0 saturated heterocycles. The van der Waals surface area contributed by atoms with Crippen LogP contribution in [0.5, 0.6) is 0 Å². The number of thiophene rings is 1. The third-order valence-corrected chi connectivity index (χ3v) is 12.8. The molecule has 39 heavy (non-hydrogen) atoms. The molecule has 1 atom stereocenters. The third kappa shape index (κ3) is 5.47. The number of hydrogen-bond donors (Lipinski definition) is 1. The minimum Gasteiger partial charge on any atom is -0.339 e. The number of amides is 1. The summed E-state index contributed by atoms with van der Waals surface area (Å²) in [6.07, 6.45) is 5.31. The van der Waals surface area contributed by atoms with E-state index in [4.69, 9.17) is 11.6 Å². The topological polar surface area (TPSA) is 104 Å². The second-order valence-corrected chi connectivity index (χ2v) is 15.4. The number of nitrogens with one attached hydrogen (secondary N) is 1. The maximum absolute atomic E-state index is 14.2. The molecule has 1 amide bonds. The van der Waals surface area contributed by atoms with Crippen molar-refractivity contribution in [1.29, 1.82) is 0 Å². The van der Waals surface area contributed by atoms with E-state index in [1.54, 1.807) is 25.2 Å². The standard InChI is InChI=1S/C27H30ClN3O5S3/c1-18(32)29-38(33,34)27-14-13-25(37-27)21-15-26-23(16-22(21)28)31(20-11-7-4-8-12-20)17-24(30(2)39(26,35)36)19-9-5-3-6-10-19/h4,7-8,11-16,19,24H,3,5-6,9-10,17H2,1-2H3,(H,29,32)/t24-/m0/s1. The number of fused-ring (bicyclic) bond motifs is 1. The number of likely N-dealkylation sites (N-methyl/N-ethyl adjacent to an activating group) is 1. The predicted octanol–water partition coefficient (Wildman–Crippen LogP) is 5.61. The molecule has 3 aromatic rings. The Morgan fingerprint density at radius 2 is 1.74 bits per heavy atom. The number of hydrogen-bond acceptors (Lipinski definition) is 7. The van der Waals surface area contributed by atoms with Crippen LogP contribution in [0.2, 0.25) is 5.02 Å². The zero-order chi connectivity index (χ0) is 27.9. The first-order chi connectivity index (χ1) is 18.5. The van der Waals surface area contributed by atoms with Crippen LogP contribution in [-0.4, -0.2) is 46.7 Å². The van der Waals surface area contributed by atoms with E-state index in [2.05, 4.69) is 0 Å². The Balaban J connectivity index is 1.65. The molecule has 5 rings (SSSR count). The minimum absolute atomic E-state index is 0.0676. The molecule has 1 saturated carbocycles. The van der Waals surface area contributed by atoms with Crippen LogP contribution < -0.4 is 9.62 Å². The highest BCUT2D eigenvalue weighted by atomic mass is 35.5. The molecule has 12 heteroatoms. The Labute approximate surface area is 238 Å². The lowest BCUT2D eigenvalue weighted by molar-refractivity contribution is -0.117. The zero-order valence-corrected chi connectivity index (χ0v) is 24.8. The fourth-order valence-corrected chi connectivity index (χ4v) is 9.80. The summed E-state index contributed by atoms with van der Waals surface area (Å²) in [5, 5.41) is 0.300. The fourth-order valence-electron chi connectivity index (χ4n) is 5.55. The summed E-state index contributed by atoms with van der Waals surface area (Å²) in [6.45, 7) is 1.61. The molecule has 0 bridgehead atoms. The Morgan fingerprint density at radius 1 is 1.05 bits per heavy atom. The SMILES string of the molecule is CC(=O)NS(=O)(=O)c1ccc(-c2cc3c(cc2Cl)N(c2ccccc2)C[C@@H](C2CCCCC2)N(C)S3(=O)=O)s1. The Kier molecular flexibility index (Phi) is 7.82. The lowest BCUT2D eigenvalue weighted by atomic mass is 9.83. The van der Waals surface area contributed by atoms with Crippen LogP contribution >= 0.6 is 22.9 Å². The third-order valence-electron chi connectivity index (χ3n) is 7.48. The summed E-state index contributed by atoms with van der Waals surface area (Å²) >= 11 is 7.69. The first-order valence-electron chi connectivity index (χ1n) is 12.8. The van der Waals surface area contributed by atoms with Gasteiger partial charge in [0.1, 0.15) is 9.10 Å². The number of halogens is 1. The molecule has 1 aromatic heterocycles. The van der Waals surface area contributed by atoms with Crippen molar-refractivity contribution in [1.82, 2.24) is 9.03 Å². The van der Waals surface area contributed by atoms with E-state index < -0.39 is 26.0 Å². The number of sulfonamides is 2. The molecule has 0 unspecified atom stereocenters. The largest absolute Gasteiger partial charge is 0.339 e. The van der Waals surface area contributed by atoms with Gasteiger partial charge < -0.3 is 4.90 Å². The van der Waals surface area contributed by atoms with Gasteiger partial charge in [0.2, 0.25) is 15.9 Å². The first-order valence-corrected chi connectivity index (χ1v) is 16.9. The molecule has 0 spiro atoms. The lowest BCUT2D eigenvalue weighted by Gasteiger charge is -2.36. The lowest BCUT2D eigenvalue weighted by Crippen LogP contribution is -2.46. The van der Waals surface area contributed by atoms with Gasteiger partial charge in [0, 0.05) is 42.7 Å². The van der Waals surface area contributed by atoms with Crippen molar-refractivity contribution >= 4 is 60.3 Å². The first kappa shape index (κ1) is 28.1. The van der Waals surface area contributed by atoms with E-state index in [1.807, 2.05) is 40.0 Å². The van der Waals surface area contributed by atoms with Crippen LogP contribution in [0.15, 0.2) is 63.7 Å². The van der Waals surface area contributed by atoms with Crippen molar-refractivity contribution in [2.45, 2.75) is 54.2 Å². The average molecular weight is 608 g/mol.